The second-order valence-corrected chi connectivity index (χ2v) is 11.7. The van der Waals surface area contributed by atoms with Crippen molar-refractivity contribution in [3.8, 4) is 0 Å². The first-order chi connectivity index (χ1) is 16.1. The molecule has 5 aliphatic rings. The second-order valence-electron chi connectivity index (χ2n) is 11.7. The molecule has 5 rings (SSSR count). The smallest absolute Gasteiger partial charge is 0.315 e. The Morgan fingerprint density at radius 1 is 1.24 bits per heavy atom. The van der Waals surface area contributed by atoms with Crippen molar-refractivity contribution in [3.63, 3.8) is 0 Å². The van der Waals surface area contributed by atoms with Crippen LogP contribution < -0.4 is 0 Å². The van der Waals surface area contributed by atoms with Gasteiger partial charge in [0.15, 0.2) is 6.79 Å². The highest BCUT2D eigenvalue weighted by Crippen LogP contribution is 2.79. The zero-order valence-electron chi connectivity index (χ0n) is 20.8. The number of ether oxygens (including phenoxy) is 4. The van der Waals surface area contributed by atoms with Gasteiger partial charge in [-0.1, -0.05) is 19.8 Å². The van der Waals surface area contributed by atoms with Gasteiger partial charge in [0.1, 0.15) is 11.2 Å². The normalized spacial score (nSPS) is 48.1. The Balaban J connectivity index is 1.65. The van der Waals surface area contributed by atoms with E-state index in [2.05, 4.69) is 6.92 Å². The average Bonchev–Trinajstić information content (AvgIpc) is 3.23. The Morgan fingerprint density at radius 3 is 2.68 bits per heavy atom. The highest BCUT2D eigenvalue weighted by atomic mass is 16.7. The number of esters is 3. The van der Waals surface area contributed by atoms with Gasteiger partial charge in [-0.3, -0.25) is 14.4 Å². The third-order valence-electron chi connectivity index (χ3n) is 10.3. The van der Waals surface area contributed by atoms with Crippen molar-refractivity contribution in [2.45, 2.75) is 95.9 Å². The van der Waals surface area contributed by atoms with Crippen molar-refractivity contribution >= 4 is 17.9 Å². The summed E-state index contributed by atoms with van der Waals surface area (Å²) in [6, 6.07) is 0. The number of aliphatic hydroxyl groups excluding tert-OH is 1. The summed E-state index contributed by atoms with van der Waals surface area (Å²) in [5, 5.41) is 11.0. The number of methoxy groups -OCH3 is 1. The van der Waals surface area contributed by atoms with Gasteiger partial charge in [0.25, 0.3) is 0 Å². The molecule has 1 heterocycles. The highest BCUT2D eigenvalue weighted by molar-refractivity contribution is 5.85. The number of hydrogen-bond donors (Lipinski definition) is 1. The number of aliphatic hydroxyl groups is 1. The van der Waals surface area contributed by atoms with E-state index in [0.717, 1.165) is 32.1 Å². The summed E-state index contributed by atoms with van der Waals surface area (Å²) in [5.41, 5.74) is -3.06. The van der Waals surface area contributed by atoms with Crippen LogP contribution in [0, 0.1) is 34.5 Å². The number of rotatable bonds is 7. The molecular formula is C26H38O8. The molecule has 4 saturated carbocycles. The summed E-state index contributed by atoms with van der Waals surface area (Å²) in [4.78, 5) is 39.2. The highest BCUT2D eigenvalue weighted by Gasteiger charge is 2.85. The lowest BCUT2D eigenvalue weighted by molar-refractivity contribution is -0.176. The number of fused-ring (bicyclic) bond motifs is 1. The molecule has 8 nitrogen and oxygen atoms in total. The lowest BCUT2D eigenvalue weighted by Gasteiger charge is -2.47. The largest absolute Gasteiger partial charge is 0.459 e. The predicted octanol–water partition coefficient (Wildman–Crippen LogP) is 3.13. The van der Waals surface area contributed by atoms with Crippen LogP contribution in [0.1, 0.15) is 78.6 Å². The summed E-state index contributed by atoms with van der Waals surface area (Å²) in [5.74, 6) is -2.07. The molecule has 4 bridgehead atoms. The van der Waals surface area contributed by atoms with E-state index in [1.54, 1.807) is 6.92 Å². The zero-order valence-corrected chi connectivity index (χ0v) is 20.8. The summed E-state index contributed by atoms with van der Waals surface area (Å²) < 4.78 is 23.0. The van der Waals surface area contributed by atoms with Crippen molar-refractivity contribution in [1.82, 2.24) is 0 Å². The first-order valence-electron chi connectivity index (χ1n) is 12.9. The number of carbonyl (C=O) groups is 3. The summed E-state index contributed by atoms with van der Waals surface area (Å²) >= 11 is 0. The van der Waals surface area contributed by atoms with Gasteiger partial charge in [-0.2, -0.15) is 0 Å². The zero-order chi connectivity index (χ0) is 24.5. The maximum absolute atomic E-state index is 13.8. The fraction of sp³-hybridized carbons (Fsp3) is 0.885. The lowest BCUT2D eigenvalue weighted by Crippen LogP contribution is -2.53. The Bertz CT molecular complexity index is 888. The molecule has 4 aliphatic carbocycles. The fourth-order valence-corrected chi connectivity index (χ4v) is 9.30. The van der Waals surface area contributed by atoms with Crippen LogP contribution in [0.4, 0.5) is 0 Å². The summed E-state index contributed by atoms with van der Waals surface area (Å²) in [6.45, 7) is 5.20. The quantitative estimate of drug-likeness (QED) is 0.338. The molecule has 1 unspecified atom stereocenters. The molecule has 5 fully saturated rings. The van der Waals surface area contributed by atoms with E-state index in [4.69, 9.17) is 18.9 Å². The molecule has 1 saturated heterocycles. The molecule has 0 radical (unpaired) electrons. The average molecular weight is 479 g/mol. The predicted molar refractivity (Wildman–Crippen MR) is 119 cm³/mol. The minimum absolute atomic E-state index is 0.0290. The topological polar surface area (TPSA) is 108 Å². The molecule has 0 aromatic carbocycles. The van der Waals surface area contributed by atoms with Crippen LogP contribution in [0.2, 0.25) is 0 Å². The Morgan fingerprint density at radius 2 is 2.00 bits per heavy atom. The van der Waals surface area contributed by atoms with Gasteiger partial charge in [-0.25, -0.2) is 0 Å². The molecule has 1 spiro atoms. The van der Waals surface area contributed by atoms with E-state index in [9.17, 15) is 19.5 Å². The van der Waals surface area contributed by atoms with E-state index in [1.165, 1.54) is 14.0 Å². The molecule has 1 aliphatic heterocycles. The van der Waals surface area contributed by atoms with Crippen molar-refractivity contribution in [1.29, 1.82) is 0 Å². The summed E-state index contributed by atoms with van der Waals surface area (Å²) in [6.07, 6.45) is 5.87. The van der Waals surface area contributed by atoms with Crippen molar-refractivity contribution in [2.75, 3.05) is 13.9 Å². The van der Waals surface area contributed by atoms with Gasteiger partial charge in [0.2, 0.25) is 0 Å². The first-order valence-corrected chi connectivity index (χ1v) is 12.9. The molecular weight excluding hydrogens is 440 g/mol. The van der Waals surface area contributed by atoms with Gasteiger partial charge in [-0.05, 0) is 63.2 Å². The number of hydrogen-bond acceptors (Lipinski definition) is 8. The minimum Gasteiger partial charge on any atom is -0.459 e. The Hall–Kier alpha value is -1.67. The lowest BCUT2D eigenvalue weighted by atomic mass is 9.59. The molecule has 34 heavy (non-hydrogen) atoms. The number of unbranched alkanes of at least 4 members (excludes halogenated alkanes) is 1. The van der Waals surface area contributed by atoms with Crippen LogP contribution in [-0.2, 0) is 33.3 Å². The molecule has 0 aromatic rings. The van der Waals surface area contributed by atoms with Gasteiger partial charge < -0.3 is 24.1 Å². The van der Waals surface area contributed by atoms with Gasteiger partial charge >= 0.3 is 17.9 Å². The molecule has 8 heteroatoms. The van der Waals surface area contributed by atoms with Crippen molar-refractivity contribution in [3.05, 3.63) is 0 Å². The minimum atomic E-state index is -1.16. The third kappa shape index (κ3) is 2.87. The van der Waals surface area contributed by atoms with Gasteiger partial charge in [0, 0.05) is 25.9 Å². The van der Waals surface area contributed by atoms with Crippen LogP contribution in [0.3, 0.4) is 0 Å². The van der Waals surface area contributed by atoms with E-state index >= 15 is 0 Å². The van der Waals surface area contributed by atoms with Crippen LogP contribution >= 0.6 is 0 Å². The maximum Gasteiger partial charge on any atom is 0.315 e. The second kappa shape index (κ2) is 7.92. The molecule has 0 amide bonds. The Kier molecular flexibility index (Phi) is 5.60. The third-order valence-corrected chi connectivity index (χ3v) is 10.3. The van der Waals surface area contributed by atoms with Crippen LogP contribution in [0.25, 0.3) is 0 Å². The molecule has 9 atom stereocenters. The molecule has 1 N–H and O–H groups in total. The fourth-order valence-electron chi connectivity index (χ4n) is 9.30. The number of carbonyl (C=O) groups excluding carboxylic acids is 3. The standard InChI is InChI=1S/C26H38O8/c1-5-6-7-16-12-24-13-25(16,33-15(2)27)10-8-17(24)26-11-9-18(28)23(3,22(30)34-26)20(26)19(24)21(29)32-14-31-4/h16-20,28H,5-14H2,1-4H3/t16?,17-,18+,19-,20-,23+,24+,25+,26-/m1/s1. The van der Waals surface area contributed by atoms with Crippen LogP contribution in [0.15, 0.2) is 0 Å². The van der Waals surface area contributed by atoms with Crippen LogP contribution in [0.5, 0.6) is 0 Å². The SMILES string of the molecule is CCCCC1C[C@]23C[C@@]1(OC(C)=O)CC[C@H]2[C@@]12CC[C@H](O)[C@](C)(C(=O)O1)[C@H]2[C@@H]3C(=O)OCOC. The van der Waals surface area contributed by atoms with Gasteiger partial charge in [-0.15, -0.1) is 0 Å². The van der Waals surface area contributed by atoms with Crippen molar-refractivity contribution < 1.29 is 38.4 Å². The van der Waals surface area contributed by atoms with E-state index in [1.807, 2.05) is 0 Å². The van der Waals surface area contributed by atoms with E-state index < -0.39 is 51.9 Å². The van der Waals surface area contributed by atoms with E-state index in [0.29, 0.717) is 25.7 Å². The monoisotopic (exact) mass is 478 g/mol. The van der Waals surface area contributed by atoms with Crippen LogP contribution in [-0.4, -0.2) is 54.2 Å². The Labute approximate surface area is 201 Å². The van der Waals surface area contributed by atoms with E-state index in [-0.39, 0.29) is 24.6 Å². The van der Waals surface area contributed by atoms with Gasteiger partial charge in [0.05, 0.1) is 17.4 Å². The first kappa shape index (κ1) is 24.0. The molecule has 0 aromatic heterocycles. The summed E-state index contributed by atoms with van der Waals surface area (Å²) in [7, 11) is 1.47. The molecule has 190 valence electrons. The maximum atomic E-state index is 13.8. The van der Waals surface area contributed by atoms with Crippen molar-refractivity contribution in [2.24, 2.45) is 34.5 Å².